The molecule has 0 aromatic heterocycles. The zero-order valence-electron chi connectivity index (χ0n) is 16.7. The predicted octanol–water partition coefficient (Wildman–Crippen LogP) is 4.80. The average Bonchev–Trinajstić information content (AvgIpc) is 2.99. The first-order chi connectivity index (χ1) is 13.5. The second-order valence-electron chi connectivity index (χ2n) is 9.17. The molecule has 4 saturated carbocycles. The molecule has 158 valence electrons. The number of benzene rings is 1. The summed E-state index contributed by atoms with van der Waals surface area (Å²) in [5, 5.41) is 4.00. The summed E-state index contributed by atoms with van der Waals surface area (Å²) in [6, 6.07) is 6.59. The lowest BCUT2D eigenvalue weighted by Crippen LogP contribution is -2.48. The Bertz CT molecular complexity index is 759. The number of carbonyl (C=O) groups excluding carboxylic acids is 1. The molecule has 6 rings (SSSR count). The fourth-order valence-corrected chi connectivity index (χ4v) is 7.29. The molecule has 1 aliphatic heterocycles. The number of amides is 1. The van der Waals surface area contributed by atoms with Crippen LogP contribution >= 0.6 is 24.2 Å². The molecule has 1 unspecified atom stereocenters. The van der Waals surface area contributed by atoms with Crippen molar-refractivity contribution in [2.24, 2.45) is 28.7 Å². The summed E-state index contributed by atoms with van der Waals surface area (Å²) in [4.78, 5) is 19.9. The van der Waals surface area contributed by atoms with Gasteiger partial charge in [-0.15, -0.1) is 12.4 Å². The zero-order valence-corrected chi connectivity index (χ0v) is 18.4. The van der Waals surface area contributed by atoms with Gasteiger partial charge in [-0.3, -0.25) is 9.79 Å². The van der Waals surface area contributed by atoms with Gasteiger partial charge in [-0.25, -0.2) is 4.39 Å². The van der Waals surface area contributed by atoms with Gasteiger partial charge in [0, 0.05) is 31.0 Å². The van der Waals surface area contributed by atoms with Crippen LogP contribution in [0.2, 0.25) is 0 Å². The molecule has 1 N–H and O–H groups in total. The number of hydrogen-bond donors (Lipinski definition) is 1. The van der Waals surface area contributed by atoms with Crippen LogP contribution in [0, 0.1) is 29.5 Å². The van der Waals surface area contributed by atoms with Gasteiger partial charge in [0.1, 0.15) is 5.82 Å². The normalized spacial score (nSPS) is 36.3. The quantitative estimate of drug-likeness (QED) is 0.735. The second kappa shape index (κ2) is 8.46. The molecule has 4 nitrogen and oxygen atoms in total. The molecule has 1 atom stereocenters. The second-order valence-corrected chi connectivity index (χ2v) is 10.2. The summed E-state index contributed by atoms with van der Waals surface area (Å²) in [5.41, 5.74) is 0.641. The van der Waals surface area contributed by atoms with Gasteiger partial charge in [0.25, 0.3) is 0 Å². The van der Waals surface area contributed by atoms with E-state index in [1.165, 1.54) is 44.2 Å². The number of amidine groups is 1. The number of nitrogens with one attached hydrogen (secondary N) is 1. The van der Waals surface area contributed by atoms with Gasteiger partial charge >= 0.3 is 0 Å². The molecule has 1 heterocycles. The Kier molecular flexibility index (Phi) is 6.12. The van der Waals surface area contributed by atoms with E-state index in [2.05, 4.69) is 17.3 Å². The highest BCUT2D eigenvalue weighted by atomic mass is 35.5. The van der Waals surface area contributed by atoms with Gasteiger partial charge in [0.2, 0.25) is 5.91 Å². The zero-order chi connectivity index (χ0) is 19.3. The van der Waals surface area contributed by atoms with Crippen molar-refractivity contribution in [3.8, 4) is 0 Å². The number of hydrogen-bond acceptors (Lipinski definition) is 3. The molecule has 5 fully saturated rings. The summed E-state index contributed by atoms with van der Waals surface area (Å²) in [5.74, 6) is 4.10. The minimum atomic E-state index is -0.296. The van der Waals surface area contributed by atoms with E-state index in [0.717, 1.165) is 34.6 Å². The highest BCUT2D eigenvalue weighted by Crippen LogP contribution is 2.55. The molecule has 4 bridgehead atoms. The standard InChI is InChI=1S/C22H28FN3OS.ClH/c1-26-19(11-20(27)24-18-4-2-17(23)3-5-18)12-28-22(26)25-21-15-7-13-6-14(9-15)10-16(21)8-13;/h2-5,13-16,19,21H,6-12H2,1H3,(H,24,27);1H/b25-22-;. The number of carbonyl (C=O) groups is 1. The van der Waals surface area contributed by atoms with E-state index in [4.69, 9.17) is 4.99 Å². The van der Waals surface area contributed by atoms with Gasteiger partial charge in [-0.05, 0) is 80.0 Å². The van der Waals surface area contributed by atoms with E-state index in [-0.39, 0.29) is 30.2 Å². The van der Waals surface area contributed by atoms with E-state index in [9.17, 15) is 9.18 Å². The van der Waals surface area contributed by atoms with Gasteiger partial charge in [-0.2, -0.15) is 0 Å². The summed E-state index contributed by atoms with van der Waals surface area (Å²) >= 11 is 1.80. The van der Waals surface area contributed by atoms with Gasteiger partial charge in [0.05, 0.1) is 6.04 Å². The van der Waals surface area contributed by atoms with Gasteiger partial charge in [0.15, 0.2) is 5.17 Å². The number of rotatable bonds is 4. The first-order valence-corrected chi connectivity index (χ1v) is 11.5. The third kappa shape index (κ3) is 4.29. The first kappa shape index (κ1) is 21.0. The summed E-state index contributed by atoms with van der Waals surface area (Å²) in [6.07, 6.45) is 7.43. The Morgan fingerprint density at radius 3 is 2.38 bits per heavy atom. The van der Waals surface area contributed by atoms with Crippen molar-refractivity contribution in [3.63, 3.8) is 0 Å². The van der Waals surface area contributed by atoms with Crippen LogP contribution in [0.1, 0.15) is 38.5 Å². The van der Waals surface area contributed by atoms with Gasteiger partial charge < -0.3 is 10.2 Å². The monoisotopic (exact) mass is 437 g/mol. The van der Waals surface area contributed by atoms with Crippen molar-refractivity contribution >= 4 is 40.9 Å². The lowest BCUT2D eigenvalue weighted by atomic mass is 9.54. The van der Waals surface area contributed by atoms with E-state index >= 15 is 0 Å². The van der Waals surface area contributed by atoms with Crippen molar-refractivity contribution in [2.75, 3.05) is 18.1 Å². The number of aliphatic imine (C=N–C) groups is 1. The molecule has 7 heteroatoms. The maximum absolute atomic E-state index is 13.0. The molecule has 1 saturated heterocycles. The Morgan fingerprint density at radius 2 is 1.76 bits per heavy atom. The Balaban J connectivity index is 0.00000205. The van der Waals surface area contributed by atoms with Crippen LogP contribution in [-0.4, -0.2) is 40.9 Å². The van der Waals surface area contributed by atoms with Crippen LogP contribution in [0.15, 0.2) is 29.3 Å². The molecule has 29 heavy (non-hydrogen) atoms. The summed E-state index contributed by atoms with van der Waals surface area (Å²) in [7, 11) is 2.07. The van der Waals surface area contributed by atoms with Gasteiger partial charge in [-0.1, -0.05) is 11.8 Å². The minimum Gasteiger partial charge on any atom is -0.350 e. The molecule has 4 aliphatic carbocycles. The maximum Gasteiger partial charge on any atom is 0.226 e. The van der Waals surface area contributed by atoms with Crippen molar-refractivity contribution in [1.29, 1.82) is 0 Å². The lowest BCUT2D eigenvalue weighted by Gasteiger charge is -2.53. The highest BCUT2D eigenvalue weighted by molar-refractivity contribution is 8.14. The number of nitrogens with zero attached hydrogens (tertiary/aromatic N) is 2. The Morgan fingerprint density at radius 1 is 1.14 bits per heavy atom. The molecule has 1 aromatic rings. The van der Waals surface area contributed by atoms with E-state index < -0.39 is 0 Å². The summed E-state index contributed by atoms with van der Waals surface area (Å²) in [6.45, 7) is 0. The summed E-state index contributed by atoms with van der Waals surface area (Å²) < 4.78 is 13.0. The van der Waals surface area contributed by atoms with Crippen LogP contribution in [0.4, 0.5) is 10.1 Å². The third-order valence-corrected chi connectivity index (χ3v) is 8.44. The van der Waals surface area contributed by atoms with Crippen molar-refractivity contribution in [1.82, 2.24) is 4.90 Å². The van der Waals surface area contributed by atoms with Crippen molar-refractivity contribution in [2.45, 2.75) is 50.6 Å². The van der Waals surface area contributed by atoms with Crippen LogP contribution in [-0.2, 0) is 4.79 Å². The van der Waals surface area contributed by atoms with Crippen LogP contribution in [0.5, 0.6) is 0 Å². The van der Waals surface area contributed by atoms with E-state index in [0.29, 0.717) is 18.2 Å². The molecule has 5 aliphatic rings. The molecule has 0 spiro atoms. The predicted molar refractivity (Wildman–Crippen MR) is 119 cm³/mol. The van der Waals surface area contributed by atoms with Crippen LogP contribution in [0.3, 0.4) is 0 Å². The maximum atomic E-state index is 13.0. The van der Waals surface area contributed by atoms with E-state index in [1.807, 2.05) is 0 Å². The number of halogens is 2. The smallest absolute Gasteiger partial charge is 0.226 e. The topological polar surface area (TPSA) is 44.7 Å². The SMILES string of the molecule is CN1/C(=N/C2C3CC4CC(C3)CC2C4)SCC1CC(=O)Nc1ccc(F)cc1.Cl. The van der Waals surface area contributed by atoms with E-state index in [1.54, 1.807) is 23.9 Å². The third-order valence-electron chi connectivity index (χ3n) is 7.24. The molecular weight excluding hydrogens is 409 g/mol. The largest absolute Gasteiger partial charge is 0.350 e. The molecule has 1 aromatic carbocycles. The molecular formula is C22H29ClFN3OS. The van der Waals surface area contributed by atoms with Crippen molar-refractivity contribution < 1.29 is 9.18 Å². The fourth-order valence-electron chi connectivity index (χ4n) is 6.06. The average molecular weight is 438 g/mol. The number of anilines is 1. The highest BCUT2D eigenvalue weighted by Gasteiger charge is 2.48. The van der Waals surface area contributed by atoms with Crippen molar-refractivity contribution in [3.05, 3.63) is 30.1 Å². The molecule has 1 amide bonds. The minimum absolute atomic E-state index is 0. The first-order valence-electron chi connectivity index (χ1n) is 10.5. The molecule has 0 radical (unpaired) electrons. The Hall–Kier alpha value is -1.27. The fraction of sp³-hybridized carbons (Fsp3) is 0.636. The van der Waals surface area contributed by atoms with Crippen LogP contribution < -0.4 is 5.32 Å². The lowest BCUT2D eigenvalue weighted by molar-refractivity contribution is -0.116. The van der Waals surface area contributed by atoms with Crippen LogP contribution in [0.25, 0.3) is 0 Å². The number of thioether (sulfide) groups is 1. The Labute approximate surface area is 182 Å².